The third-order valence-corrected chi connectivity index (χ3v) is 21.6. The quantitative estimate of drug-likeness (QED) is 0.0602. The summed E-state index contributed by atoms with van der Waals surface area (Å²) in [6.07, 6.45) is 3.71. The van der Waals surface area contributed by atoms with Crippen LogP contribution in [0, 0.1) is 0 Å². The summed E-state index contributed by atoms with van der Waals surface area (Å²) in [6.45, 7) is 2.71. The van der Waals surface area contributed by atoms with Gasteiger partial charge in [-0.25, -0.2) is 0 Å². The SMILES string of the molecule is CCOP(=O)(O)C(Cc1ccccn1)P(=O)(O)O.CCOP(=O)(O)C(Sc1ccc(Cl)cc1)P(=O)(O)O.COP(=O)(O)C(Cc1cccnc1)P(=O)(O)O. The molecule has 0 saturated heterocycles. The largest absolute Gasteiger partial charge is 0.353 e. The summed E-state index contributed by atoms with van der Waals surface area (Å²) in [7, 11) is -26.6. The fourth-order valence-corrected chi connectivity index (χ4v) is 14.8. The molecule has 0 saturated carbocycles. The lowest BCUT2D eigenvalue weighted by atomic mass is 10.2. The van der Waals surface area contributed by atoms with Crippen LogP contribution in [0.2, 0.25) is 5.02 Å². The maximum atomic E-state index is 11.8. The molecule has 0 amide bonds. The van der Waals surface area contributed by atoms with Gasteiger partial charge in [0.05, 0.1) is 13.2 Å². The van der Waals surface area contributed by atoms with Crippen molar-refractivity contribution in [3.05, 3.63) is 89.5 Å². The van der Waals surface area contributed by atoms with E-state index in [9.17, 15) is 61.6 Å². The van der Waals surface area contributed by atoms with Gasteiger partial charge in [0.15, 0.2) is 10.8 Å². The molecule has 28 heteroatoms. The van der Waals surface area contributed by atoms with E-state index < -0.39 is 61.1 Å². The van der Waals surface area contributed by atoms with E-state index in [1.807, 2.05) is 0 Å². The van der Waals surface area contributed by atoms with Crippen LogP contribution in [0.3, 0.4) is 0 Å². The van der Waals surface area contributed by atoms with Crippen molar-refractivity contribution in [3.63, 3.8) is 0 Å². The summed E-state index contributed by atoms with van der Waals surface area (Å²) in [4.78, 5) is 91.6. The topological polar surface area (TPSA) is 338 Å². The zero-order chi connectivity index (χ0) is 41.6. The van der Waals surface area contributed by atoms with Crippen molar-refractivity contribution in [2.45, 2.75) is 47.1 Å². The molecule has 54 heavy (non-hydrogen) atoms. The molecular formula is C26H41ClN2O18P6S. The van der Waals surface area contributed by atoms with Crippen molar-refractivity contribution in [3.8, 4) is 0 Å². The van der Waals surface area contributed by atoms with Crippen LogP contribution in [-0.2, 0) is 53.8 Å². The van der Waals surface area contributed by atoms with Gasteiger partial charge < -0.3 is 57.6 Å². The molecule has 0 bridgehead atoms. The Hall–Kier alpha value is -0.940. The second kappa shape index (κ2) is 22.3. The molecule has 9 N–H and O–H groups in total. The zero-order valence-corrected chi connectivity index (χ0v) is 35.5. The number of pyridine rings is 2. The van der Waals surface area contributed by atoms with Crippen LogP contribution in [0.15, 0.2) is 78.1 Å². The third-order valence-electron chi connectivity index (χ3n) is 6.30. The molecule has 2 aromatic heterocycles. The summed E-state index contributed by atoms with van der Waals surface area (Å²) in [5, 5.41) is -3.11. The van der Waals surface area contributed by atoms with Crippen molar-refractivity contribution in [1.82, 2.24) is 9.97 Å². The minimum atomic E-state index is -4.81. The molecule has 20 nitrogen and oxygen atoms in total. The highest BCUT2D eigenvalue weighted by Crippen LogP contribution is 2.68. The second-order valence-electron chi connectivity index (χ2n) is 10.4. The van der Waals surface area contributed by atoms with Gasteiger partial charge in [0, 0.05) is 47.7 Å². The number of thioether (sulfide) groups is 1. The van der Waals surface area contributed by atoms with Gasteiger partial charge in [0.25, 0.3) is 0 Å². The first kappa shape index (κ1) is 51.1. The maximum Gasteiger partial charge on any atom is 0.353 e. The standard InChI is InChI=1S/C9H13ClO6P2S.C9H15NO6P2.C8H13NO6P2/c1-2-16-18(14,15)9(17(11,12)13)19-8-5-3-7(10)4-6-8;1-2-16-18(14,15)9(17(11,12)13)7-8-5-3-4-6-10-8;1-15-17(13,14)8(16(10,11)12)5-7-3-2-4-9-6-7/h3-6,9H,2H2,1H3,(H,14,15)(H2,11,12,13);3-6,9H,2,7H2,1H3,(H,14,15)(H2,11,12,13);2-4,6,8H,5H2,1H3,(H,13,14)(H2,10,11,12). The van der Waals surface area contributed by atoms with E-state index in [0.29, 0.717) is 32.9 Å². The first-order valence-corrected chi connectivity index (χ1v) is 26.1. The van der Waals surface area contributed by atoms with Crippen molar-refractivity contribution in [1.29, 1.82) is 0 Å². The van der Waals surface area contributed by atoms with Crippen molar-refractivity contribution >= 4 is 68.9 Å². The lowest BCUT2D eigenvalue weighted by molar-refractivity contribution is 0.264. The highest BCUT2D eigenvalue weighted by Gasteiger charge is 2.47. The van der Waals surface area contributed by atoms with E-state index in [1.54, 1.807) is 24.3 Å². The van der Waals surface area contributed by atoms with Gasteiger partial charge in [-0.2, -0.15) is 0 Å². The van der Waals surface area contributed by atoms with Crippen LogP contribution >= 0.6 is 68.9 Å². The van der Waals surface area contributed by atoms with Crippen molar-refractivity contribution in [2.75, 3.05) is 20.3 Å². The van der Waals surface area contributed by atoms with Crippen molar-refractivity contribution in [2.24, 2.45) is 0 Å². The zero-order valence-electron chi connectivity index (χ0n) is 28.6. The van der Waals surface area contributed by atoms with Crippen LogP contribution < -0.4 is 0 Å². The minimum Gasteiger partial charge on any atom is -0.324 e. The number of halogens is 1. The Labute approximate surface area is 319 Å². The molecule has 1 aromatic carbocycles. The first-order chi connectivity index (χ1) is 24.7. The molecular weight excluding hydrogens is 882 g/mol. The first-order valence-electron chi connectivity index (χ1n) is 14.9. The van der Waals surface area contributed by atoms with Gasteiger partial charge in [-0.05, 0) is 68.3 Å². The monoisotopic (exact) mass is 922 g/mol. The second-order valence-corrected chi connectivity index (χ2v) is 25.3. The molecule has 306 valence electrons. The fourth-order valence-electron chi connectivity index (χ4n) is 3.89. The van der Waals surface area contributed by atoms with Gasteiger partial charge >= 0.3 is 45.6 Å². The minimum absolute atomic E-state index is 0.105. The molecule has 3 aromatic rings. The highest BCUT2D eigenvalue weighted by atomic mass is 35.5. The average Bonchev–Trinajstić information content (AvgIpc) is 3.05. The molecule has 0 spiro atoms. The molecule has 0 aliphatic rings. The van der Waals surface area contributed by atoms with Crippen LogP contribution in [0.1, 0.15) is 25.1 Å². The van der Waals surface area contributed by atoms with E-state index in [4.69, 9.17) is 21.4 Å². The van der Waals surface area contributed by atoms with E-state index in [1.165, 1.54) is 62.8 Å². The normalized spacial score (nSPS) is 17.1. The average molecular weight is 923 g/mol. The van der Waals surface area contributed by atoms with Crippen molar-refractivity contribution < 1.29 is 85.0 Å². The van der Waals surface area contributed by atoms with E-state index >= 15 is 0 Å². The number of nitrogens with zero attached hydrogens (tertiary/aromatic N) is 2. The molecule has 0 radical (unpaired) electrons. The maximum absolute atomic E-state index is 11.8. The van der Waals surface area contributed by atoms with E-state index in [0.717, 1.165) is 7.11 Å². The van der Waals surface area contributed by atoms with Crippen LogP contribution in [-0.4, -0.2) is 89.9 Å². The van der Waals surface area contributed by atoms with E-state index in [-0.39, 0.29) is 26.1 Å². The molecule has 2 heterocycles. The van der Waals surface area contributed by atoms with Crippen LogP contribution in [0.4, 0.5) is 0 Å². The number of hydrogen-bond acceptors (Lipinski definition) is 12. The van der Waals surface area contributed by atoms with Gasteiger partial charge in [0.1, 0.15) is 0 Å². The highest BCUT2D eigenvalue weighted by molar-refractivity contribution is 8.12. The summed E-state index contributed by atoms with van der Waals surface area (Å²) in [6, 6.07) is 14.0. The Kier molecular flexibility index (Phi) is 21.1. The molecule has 0 fully saturated rings. The Morgan fingerprint density at radius 3 is 1.63 bits per heavy atom. The summed E-state index contributed by atoms with van der Waals surface area (Å²) < 4.78 is 80.6. The molecule has 6 atom stereocenters. The fraction of sp³-hybridized carbons (Fsp3) is 0.385. The van der Waals surface area contributed by atoms with Gasteiger partial charge in [-0.1, -0.05) is 35.5 Å². The molecule has 3 rings (SSSR count). The van der Waals surface area contributed by atoms with Gasteiger partial charge in [-0.3, -0.25) is 37.4 Å². The summed E-state index contributed by atoms with van der Waals surface area (Å²) in [5.41, 5.74) is 0.770. The van der Waals surface area contributed by atoms with E-state index in [2.05, 4.69) is 23.5 Å². The Morgan fingerprint density at radius 2 is 1.20 bits per heavy atom. The number of rotatable bonds is 17. The van der Waals surface area contributed by atoms with Crippen LogP contribution in [0.5, 0.6) is 0 Å². The lowest BCUT2D eigenvalue weighted by Gasteiger charge is -2.22. The number of aromatic nitrogens is 2. The molecule has 6 unspecified atom stereocenters. The molecule has 0 aliphatic heterocycles. The predicted octanol–water partition coefficient (Wildman–Crippen LogP) is 5.42. The Bertz CT molecular complexity index is 1880. The Morgan fingerprint density at radius 1 is 0.667 bits per heavy atom. The van der Waals surface area contributed by atoms with Crippen LogP contribution in [0.25, 0.3) is 0 Å². The number of benzene rings is 1. The molecule has 0 aliphatic carbocycles. The smallest absolute Gasteiger partial charge is 0.324 e. The summed E-state index contributed by atoms with van der Waals surface area (Å²) in [5.74, 6) is 0. The van der Waals surface area contributed by atoms with Gasteiger partial charge in [-0.15, -0.1) is 0 Å². The number of hydrogen-bond donors (Lipinski definition) is 9. The Balaban J connectivity index is 0.000000406. The third kappa shape index (κ3) is 18.1. The lowest BCUT2D eigenvalue weighted by Crippen LogP contribution is -2.15. The van der Waals surface area contributed by atoms with Gasteiger partial charge in [0.2, 0.25) is 4.73 Å². The predicted molar refractivity (Wildman–Crippen MR) is 200 cm³/mol. The summed E-state index contributed by atoms with van der Waals surface area (Å²) >= 11 is 6.28.